The van der Waals surface area contributed by atoms with E-state index in [0.29, 0.717) is 30.7 Å². The summed E-state index contributed by atoms with van der Waals surface area (Å²) < 4.78 is 6.20. The number of anilines is 1. The third-order valence-corrected chi connectivity index (χ3v) is 5.86. The summed E-state index contributed by atoms with van der Waals surface area (Å²) in [6.45, 7) is 6.10. The van der Waals surface area contributed by atoms with Crippen LogP contribution < -0.4 is 10.6 Å². The summed E-state index contributed by atoms with van der Waals surface area (Å²) in [6.07, 6.45) is 4.53. The number of hydrogen-bond acceptors (Lipinski definition) is 7. The maximum atomic E-state index is 12.9. The zero-order valence-electron chi connectivity index (χ0n) is 15.9. The minimum Gasteiger partial charge on any atom is -0.381 e. The van der Waals surface area contributed by atoms with Crippen LogP contribution in [0.15, 0.2) is 30.6 Å². The molecule has 0 aromatic carbocycles. The van der Waals surface area contributed by atoms with E-state index < -0.39 is 0 Å². The van der Waals surface area contributed by atoms with Gasteiger partial charge in [0.25, 0.3) is 5.91 Å². The molecule has 1 aliphatic heterocycles. The van der Waals surface area contributed by atoms with Crippen molar-refractivity contribution in [2.45, 2.75) is 26.3 Å². The van der Waals surface area contributed by atoms with Crippen molar-refractivity contribution < 1.29 is 9.53 Å². The van der Waals surface area contributed by atoms with Crippen molar-refractivity contribution in [2.75, 3.05) is 25.1 Å². The van der Waals surface area contributed by atoms with E-state index >= 15 is 0 Å². The number of aryl methyl sites for hydroxylation is 1. The number of carbonyl (C=O) groups excluding carboxylic acids is 1. The molecule has 4 rings (SSSR count). The van der Waals surface area contributed by atoms with Gasteiger partial charge in [-0.25, -0.2) is 9.97 Å². The molecule has 2 N–H and O–H groups in total. The molecule has 8 heteroatoms. The molecule has 3 aromatic heterocycles. The fraction of sp³-hybridized carbons (Fsp3) is 0.400. The average molecular weight is 398 g/mol. The molecule has 0 spiro atoms. The Bertz CT molecular complexity index is 969. The lowest BCUT2D eigenvalue weighted by atomic mass is 10.1. The molecular weight excluding hydrogens is 374 g/mol. The lowest BCUT2D eigenvalue weighted by Crippen LogP contribution is -2.30. The first kappa shape index (κ1) is 18.8. The van der Waals surface area contributed by atoms with Crippen LogP contribution in [0.1, 0.15) is 40.3 Å². The first-order chi connectivity index (χ1) is 13.6. The summed E-state index contributed by atoms with van der Waals surface area (Å²) in [5.74, 6) is 0.642. The molecule has 1 aliphatic rings. The van der Waals surface area contributed by atoms with Gasteiger partial charge >= 0.3 is 0 Å². The van der Waals surface area contributed by atoms with Gasteiger partial charge in [-0.15, -0.1) is 11.3 Å². The zero-order valence-corrected chi connectivity index (χ0v) is 16.8. The van der Waals surface area contributed by atoms with Crippen molar-refractivity contribution in [3.8, 4) is 0 Å². The Morgan fingerprint density at radius 1 is 1.43 bits per heavy atom. The molecule has 7 nitrogen and oxygen atoms in total. The van der Waals surface area contributed by atoms with Crippen molar-refractivity contribution in [3.05, 3.63) is 46.7 Å². The Morgan fingerprint density at radius 2 is 2.32 bits per heavy atom. The molecule has 1 fully saturated rings. The first-order valence-electron chi connectivity index (χ1n) is 9.40. The average Bonchev–Trinajstić information content (AvgIpc) is 3.34. The molecule has 1 saturated heterocycles. The van der Waals surface area contributed by atoms with Gasteiger partial charge in [-0.2, -0.15) is 0 Å². The molecule has 0 aliphatic carbocycles. The van der Waals surface area contributed by atoms with Crippen LogP contribution in [0.25, 0.3) is 10.2 Å². The fourth-order valence-corrected chi connectivity index (χ4v) is 4.18. The van der Waals surface area contributed by atoms with Crippen molar-refractivity contribution in [3.63, 3.8) is 0 Å². The number of aromatic nitrogens is 3. The van der Waals surface area contributed by atoms with Gasteiger partial charge < -0.3 is 15.4 Å². The number of ether oxygens (including phenoxy) is 1. The summed E-state index contributed by atoms with van der Waals surface area (Å²) in [4.78, 5) is 27.3. The highest BCUT2D eigenvalue weighted by Crippen LogP contribution is 2.28. The van der Waals surface area contributed by atoms with Crippen LogP contribution in [0, 0.1) is 12.8 Å². The Labute approximate surface area is 167 Å². The minimum absolute atomic E-state index is 0.0302. The summed E-state index contributed by atoms with van der Waals surface area (Å²) >= 11 is 1.54. The van der Waals surface area contributed by atoms with Crippen LogP contribution in [0.4, 0.5) is 5.95 Å². The van der Waals surface area contributed by atoms with Crippen molar-refractivity contribution in [1.82, 2.24) is 20.3 Å². The van der Waals surface area contributed by atoms with Gasteiger partial charge in [0, 0.05) is 36.3 Å². The monoisotopic (exact) mass is 397 g/mol. The Morgan fingerprint density at radius 3 is 3.07 bits per heavy atom. The minimum atomic E-state index is -0.168. The van der Waals surface area contributed by atoms with E-state index in [1.54, 1.807) is 17.5 Å². The second kappa shape index (κ2) is 8.20. The molecule has 2 atom stereocenters. The van der Waals surface area contributed by atoms with Gasteiger partial charge in [-0.3, -0.25) is 9.78 Å². The van der Waals surface area contributed by atoms with Gasteiger partial charge in [0.05, 0.1) is 22.9 Å². The SMILES string of the molecule is Cc1cc2nc(N[C@@H](C)c3cccnc3)nc(C(=O)NC[C@H]3CCOC3)c2s1. The van der Waals surface area contributed by atoms with Crippen molar-refractivity contribution >= 4 is 33.4 Å². The molecule has 0 bridgehead atoms. The number of carbonyl (C=O) groups is 1. The van der Waals surface area contributed by atoms with Crippen LogP contribution in [-0.4, -0.2) is 40.6 Å². The van der Waals surface area contributed by atoms with Gasteiger partial charge in [0.2, 0.25) is 5.95 Å². The van der Waals surface area contributed by atoms with Crippen LogP contribution in [-0.2, 0) is 4.74 Å². The number of nitrogens with one attached hydrogen (secondary N) is 2. The van der Waals surface area contributed by atoms with E-state index in [9.17, 15) is 4.79 Å². The molecule has 28 heavy (non-hydrogen) atoms. The van der Waals surface area contributed by atoms with Crippen molar-refractivity contribution in [1.29, 1.82) is 0 Å². The van der Waals surface area contributed by atoms with E-state index in [0.717, 1.165) is 33.7 Å². The molecule has 3 aromatic rings. The predicted octanol–water partition coefficient (Wildman–Crippen LogP) is 3.33. The third kappa shape index (κ3) is 4.13. The zero-order chi connectivity index (χ0) is 19.5. The number of thiophene rings is 1. The second-order valence-corrected chi connectivity index (χ2v) is 8.32. The maximum Gasteiger partial charge on any atom is 0.271 e. The van der Waals surface area contributed by atoms with E-state index in [1.807, 2.05) is 38.2 Å². The highest BCUT2D eigenvalue weighted by Gasteiger charge is 2.21. The first-order valence-corrected chi connectivity index (χ1v) is 10.2. The van der Waals surface area contributed by atoms with E-state index in [1.165, 1.54) is 0 Å². The predicted molar refractivity (Wildman–Crippen MR) is 110 cm³/mol. The molecule has 0 radical (unpaired) electrons. The van der Waals surface area contributed by atoms with Gasteiger partial charge in [-0.1, -0.05) is 6.07 Å². The largest absolute Gasteiger partial charge is 0.381 e. The molecule has 0 saturated carbocycles. The normalized spacial score (nSPS) is 17.6. The van der Waals surface area contributed by atoms with E-state index in [2.05, 4.69) is 25.6 Å². The van der Waals surface area contributed by atoms with Crippen LogP contribution >= 0.6 is 11.3 Å². The topological polar surface area (TPSA) is 89.0 Å². The van der Waals surface area contributed by atoms with Crippen LogP contribution in [0.3, 0.4) is 0 Å². The second-order valence-electron chi connectivity index (χ2n) is 7.06. The van der Waals surface area contributed by atoms with Crippen LogP contribution in [0.5, 0.6) is 0 Å². The highest BCUT2D eigenvalue weighted by molar-refractivity contribution is 7.19. The van der Waals surface area contributed by atoms with Gasteiger partial charge in [0.1, 0.15) is 0 Å². The summed E-state index contributed by atoms with van der Waals surface area (Å²) in [5, 5.41) is 6.31. The smallest absolute Gasteiger partial charge is 0.271 e. The Hall–Kier alpha value is -2.58. The molecule has 4 heterocycles. The lowest BCUT2D eigenvalue weighted by molar-refractivity contribution is 0.0942. The van der Waals surface area contributed by atoms with E-state index in [4.69, 9.17) is 4.74 Å². The molecule has 146 valence electrons. The maximum absolute atomic E-state index is 12.9. The van der Waals surface area contributed by atoms with Crippen LogP contribution in [0.2, 0.25) is 0 Å². The Kier molecular flexibility index (Phi) is 5.50. The fourth-order valence-electron chi connectivity index (χ4n) is 3.24. The molecular formula is C20H23N5O2S. The summed E-state index contributed by atoms with van der Waals surface area (Å²) in [5.41, 5.74) is 2.23. The van der Waals surface area contributed by atoms with E-state index in [-0.39, 0.29) is 11.9 Å². The van der Waals surface area contributed by atoms with Crippen molar-refractivity contribution in [2.24, 2.45) is 5.92 Å². The number of fused-ring (bicyclic) bond motifs is 1. The number of hydrogen-bond donors (Lipinski definition) is 2. The summed E-state index contributed by atoms with van der Waals surface area (Å²) in [7, 11) is 0. The molecule has 0 unspecified atom stereocenters. The lowest BCUT2D eigenvalue weighted by Gasteiger charge is -2.15. The van der Waals surface area contributed by atoms with Gasteiger partial charge in [0.15, 0.2) is 5.69 Å². The number of rotatable bonds is 6. The third-order valence-electron chi connectivity index (χ3n) is 4.82. The number of nitrogens with zero attached hydrogens (tertiary/aromatic N) is 3. The quantitative estimate of drug-likeness (QED) is 0.663. The van der Waals surface area contributed by atoms with Gasteiger partial charge in [-0.05, 0) is 38.0 Å². The number of pyridine rings is 1. The number of amides is 1. The Balaban J connectivity index is 1.58. The standard InChI is InChI=1S/C20H23N5O2S/c1-12-8-16-18(28-12)17(19(26)22-9-14-5-7-27-11-14)25-20(24-16)23-13(2)15-4-3-6-21-10-15/h3-4,6,8,10,13-14H,5,7,9,11H2,1-2H3,(H,22,26)(H,23,24,25)/t13-,14+/m0/s1. The highest BCUT2D eigenvalue weighted by atomic mass is 32.1. The summed E-state index contributed by atoms with van der Waals surface area (Å²) in [6, 6.07) is 5.85. The molecule has 1 amide bonds.